The van der Waals surface area contributed by atoms with Gasteiger partial charge in [-0.3, -0.25) is 0 Å². The predicted molar refractivity (Wildman–Crippen MR) is 124 cm³/mol. The molecule has 0 fully saturated rings. The van der Waals surface area contributed by atoms with Gasteiger partial charge in [0, 0.05) is 26.6 Å². The quantitative estimate of drug-likeness (QED) is 0.241. The Labute approximate surface area is 180 Å². The summed E-state index contributed by atoms with van der Waals surface area (Å²) in [6.07, 6.45) is 3.91. The van der Waals surface area contributed by atoms with Crippen LogP contribution in [-0.2, 0) is 5.41 Å². The van der Waals surface area contributed by atoms with Crippen molar-refractivity contribution in [2.75, 3.05) is 13.2 Å². The Morgan fingerprint density at radius 2 is 1.89 bits per heavy atom. The summed E-state index contributed by atoms with van der Waals surface area (Å²) in [4.78, 5) is 1.31. The first kappa shape index (κ1) is 20.9. The third kappa shape index (κ3) is 4.44. The Morgan fingerprint density at radius 1 is 1.11 bits per heavy atom. The maximum absolute atomic E-state index is 6.06. The summed E-state index contributed by atoms with van der Waals surface area (Å²) in [6.45, 7) is 11.6. The van der Waals surface area contributed by atoms with Crippen molar-refractivity contribution < 1.29 is 9.47 Å². The summed E-state index contributed by atoms with van der Waals surface area (Å²) in [7, 11) is 0. The van der Waals surface area contributed by atoms with E-state index >= 15 is 0 Å². The number of hydrogen-bond donors (Lipinski definition) is 0. The van der Waals surface area contributed by atoms with E-state index in [1.807, 2.05) is 17.4 Å². The predicted octanol–water partition coefficient (Wildman–Crippen LogP) is 7.73. The number of unbranched alkanes of at least 4 members (excludes halogenated alkanes) is 1. The number of thiophene rings is 1. The Balaban J connectivity index is 2.04. The van der Waals surface area contributed by atoms with Crippen LogP contribution in [0.3, 0.4) is 0 Å². The summed E-state index contributed by atoms with van der Waals surface area (Å²) >= 11 is 5.54. The van der Waals surface area contributed by atoms with Gasteiger partial charge in [-0.25, -0.2) is 0 Å². The molecule has 4 heteroatoms. The zero-order valence-electron chi connectivity index (χ0n) is 16.8. The monoisotopic (exact) mass is 458 g/mol. The smallest absolute Gasteiger partial charge is 0.137 e. The van der Waals surface area contributed by atoms with Crippen LogP contribution in [0.2, 0.25) is 0 Å². The SMILES string of the molecule is C=CCOc1cc(OCCCC)c(Br)cc1C(C)(C)c1cc2ccccc2s1. The van der Waals surface area contributed by atoms with Gasteiger partial charge >= 0.3 is 0 Å². The molecule has 3 rings (SSSR count). The molecule has 2 nitrogen and oxygen atoms in total. The molecule has 0 amide bonds. The van der Waals surface area contributed by atoms with E-state index in [1.165, 1.54) is 15.0 Å². The molecular formula is C24H27BrO2S. The zero-order valence-corrected chi connectivity index (χ0v) is 19.2. The van der Waals surface area contributed by atoms with Gasteiger partial charge in [-0.15, -0.1) is 11.3 Å². The van der Waals surface area contributed by atoms with Crippen molar-refractivity contribution in [2.45, 2.75) is 39.0 Å². The third-order valence-corrected chi connectivity index (χ3v) is 6.92. The fourth-order valence-electron chi connectivity index (χ4n) is 3.15. The fourth-order valence-corrected chi connectivity index (χ4v) is 4.79. The molecule has 0 bridgehead atoms. The lowest BCUT2D eigenvalue weighted by atomic mass is 9.82. The average Bonchev–Trinajstić information content (AvgIpc) is 3.13. The van der Waals surface area contributed by atoms with E-state index < -0.39 is 0 Å². The molecule has 1 aromatic heterocycles. The highest BCUT2D eigenvalue weighted by Gasteiger charge is 2.30. The van der Waals surface area contributed by atoms with Crippen LogP contribution >= 0.6 is 27.3 Å². The molecule has 0 aliphatic carbocycles. The van der Waals surface area contributed by atoms with Gasteiger partial charge in [0.2, 0.25) is 0 Å². The Morgan fingerprint density at radius 3 is 2.61 bits per heavy atom. The van der Waals surface area contributed by atoms with Crippen molar-refractivity contribution in [3.05, 3.63) is 70.0 Å². The largest absolute Gasteiger partial charge is 0.492 e. The molecular weight excluding hydrogens is 432 g/mol. The number of hydrogen-bond acceptors (Lipinski definition) is 3. The van der Waals surface area contributed by atoms with Crippen molar-refractivity contribution in [3.63, 3.8) is 0 Å². The maximum atomic E-state index is 6.06. The van der Waals surface area contributed by atoms with Crippen molar-refractivity contribution in [2.24, 2.45) is 0 Å². The lowest BCUT2D eigenvalue weighted by Crippen LogP contribution is -2.19. The number of fused-ring (bicyclic) bond motifs is 1. The molecule has 0 unspecified atom stereocenters. The van der Waals surface area contributed by atoms with Crippen molar-refractivity contribution in [1.82, 2.24) is 0 Å². The van der Waals surface area contributed by atoms with E-state index in [9.17, 15) is 0 Å². The lowest BCUT2D eigenvalue weighted by Gasteiger charge is -2.27. The normalized spacial score (nSPS) is 11.6. The van der Waals surface area contributed by atoms with E-state index in [1.54, 1.807) is 6.08 Å². The van der Waals surface area contributed by atoms with E-state index in [0.29, 0.717) is 13.2 Å². The van der Waals surface area contributed by atoms with Gasteiger partial charge in [-0.1, -0.05) is 58.0 Å². The number of rotatable bonds is 9. The maximum Gasteiger partial charge on any atom is 0.137 e. The van der Waals surface area contributed by atoms with E-state index in [4.69, 9.17) is 9.47 Å². The molecule has 28 heavy (non-hydrogen) atoms. The second-order valence-electron chi connectivity index (χ2n) is 7.35. The summed E-state index contributed by atoms with van der Waals surface area (Å²) in [5, 5.41) is 1.28. The molecule has 0 radical (unpaired) electrons. The Hall–Kier alpha value is -1.78. The topological polar surface area (TPSA) is 18.5 Å². The third-order valence-electron chi connectivity index (χ3n) is 4.86. The average molecular weight is 459 g/mol. The Bertz CT molecular complexity index is 925. The molecule has 0 aliphatic rings. The lowest BCUT2D eigenvalue weighted by molar-refractivity contribution is 0.301. The minimum atomic E-state index is -0.204. The summed E-state index contributed by atoms with van der Waals surface area (Å²) < 4.78 is 14.3. The van der Waals surface area contributed by atoms with Crippen LogP contribution in [0.5, 0.6) is 11.5 Å². The van der Waals surface area contributed by atoms with E-state index in [-0.39, 0.29) is 5.41 Å². The molecule has 2 aromatic carbocycles. The molecule has 0 atom stereocenters. The molecule has 0 spiro atoms. The second-order valence-corrected chi connectivity index (χ2v) is 9.29. The Kier molecular flexibility index (Phi) is 6.84. The van der Waals surface area contributed by atoms with E-state index in [0.717, 1.165) is 34.4 Å². The highest BCUT2D eigenvalue weighted by atomic mass is 79.9. The van der Waals surface area contributed by atoms with Crippen LogP contribution in [0.1, 0.15) is 44.1 Å². The van der Waals surface area contributed by atoms with Crippen LogP contribution in [0.15, 0.2) is 59.6 Å². The molecule has 0 saturated carbocycles. The first-order valence-corrected chi connectivity index (χ1v) is 11.3. The van der Waals surface area contributed by atoms with Gasteiger partial charge < -0.3 is 9.47 Å². The van der Waals surface area contributed by atoms with Gasteiger partial charge in [0.1, 0.15) is 18.1 Å². The van der Waals surface area contributed by atoms with E-state index in [2.05, 4.69) is 79.7 Å². The first-order valence-electron chi connectivity index (χ1n) is 9.67. The van der Waals surface area contributed by atoms with Crippen LogP contribution in [0, 0.1) is 0 Å². The van der Waals surface area contributed by atoms with Crippen molar-refractivity contribution in [3.8, 4) is 11.5 Å². The molecule has 0 N–H and O–H groups in total. The van der Waals surface area contributed by atoms with Crippen LogP contribution in [-0.4, -0.2) is 13.2 Å². The van der Waals surface area contributed by atoms with Gasteiger partial charge in [-0.05, 0) is 45.9 Å². The minimum absolute atomic E-state index is 0.204. The van der Waals surface area contributed by atoms with Crippen LogP contribution in [0.4, 0.5) is 0 Å². The second kappa shape index (κ2) is 9.15. The van der Waals surface area contributed by atoms with Gasteiger partial charge in [-0.2, -0.15) is 0 Å². The number of halogens is 1. The van der Waals surface area contributed by atoms with Crippen LogP contribution in [0.25, 0.3) is 10.1 Å². The summed E-state index contributed by atoms with van der Waals surface area (Å²) in [5.41, 5.74) is 0.931. The molecule has 3 aromatic rings. The number of benzene rings is 2. The highest BCUT2D eigenvalue weighted by molar-refractivity contribution is 9.10. The standard InChI is InChI=1S/C24H27BrO2S/c1-5-7-13-27-21-16-20(26-12-6-2)18(15-19(21)25)24(3,4)23-14-17-10-8-9-11-22(17)28-23/h6,8-11,14-16H,2,5,7,12-13H2,1,3-4H3. The van der Waals surface area contributed by atoms with Gasteiger partial charge in [0.15, 0.2) is 0 Å². The summed E-state index contributed by atoms with van der Waals surface area (Å²) in [6, 6.07) is 15.0. The van der Waals surface area contributed by atoms with Gasteiger partial charge in [0.05, 0.1) is 11.1 Å². The molecule has 0 aliphatic heterocycles. The number of ether oxygens (including phenoxy) is 2. The summed E-state index contributed by atoms with van der Waals surface area (Å²) in [5.74, 6) is 1.67. The van der Waals surface area contributed by atoms with Crippen molar-refractivity contribution >= 4 is 37.4 Å². The molecule has 148 valence electrons. The van der Waals surface area contributed by atoms with Crippen molar-refractivity contribution in [1.29, 1.82) is 0 Å². The molecule has 1 heterocycles. The molecule has 0 saturated heterocycles. The first-order chi connectivity index (χ1) is 13.5. The van der Waals surface area contributed by atoms with Gasteiger partial charge in [0.25, 0.3) is 0 Å². The highest BCUT2D eigenvalue weighted by Crippen LogP contribution is 2.45. The zero-order chi connectivity index (χ0) is 20.1. The minimum Gasteiger partial charge on any atom is -0.492 e. The van der Waals surface area contributed by atoms with Crippen LogP contribution < -0.4 is 9.47 Å². The fraction of sp³-hybridized carbons (Fsp3) is 0.333.